The van der Waals surface area contributed by atoms with Crippen LogP contribution in [0, 0.1) is 5.82 Å². The average Bonchev–Trinajstić information content (AvgIpc) is 2.37. The van der Waals surface area contributed by atoms with Gasteiger partial charge in [0.15, 0.2) is 0 Å². The maximum Gasteiger partial charge on any atom is 0.316 e. The first-order valence-electron chi connectivity index (χ1n) is 5.74. The molecule has 7 nitrogen and oxygen atoms in total. The minimum atomic E-state index is -3.83. The second kappa shape index (κ2) is 6.53. The summed E-state index contributed by atoms with van der Waals surface area (Å²) in [6.07, 6.45) is 0. The predicted octanol–water partition coefficient (Wildman–Crippen LogP) is -0.0426. The van der Waals surface area contributed by atoms with E-state index in [1.165, 1.54) is 17.0 Å². The van der Waals surface area contributed by atoms with Gasteiger partial charge in [-0.2, -0.15) is 0 Å². The summed E-state index contributed by atoms with van der Waals surface area (Å²) in [5.41, 5.74) is 5.15. The lowest BCUT2D eigenvalue weighted by molar-refractivity contribution is 0.217. The zero-order valence-corrected chi connectivity index (χ0v) is 12.0. The normalized spacial score (nSPS) is 11.2. The SMILES string of the molecule is CN(C)C(=O)NCCNS(=O)(=O)c1ccc(N)c(F)c1. The summed E-state index contributed by atoms with van der Waals surface area (Å²) < 4.78 is 39.1. The fraction of sp³-hybridized carbons (Fsp3) is 0.364. The highest BCUT2D eigenvalue weighted by Crippen LogP contribution is 2.15. The Morgan fingerprint density at radius 3 is 2.55 bits per heavy atom. The summed E-state index contributed by atoms with van der Waals surface area (Å²) in [4.78, 5) is 12.3. The van der Waals surface area contributed by atoms with E-state index in [0.29, 0.717) is 0 Å². The van der Waals surface area contributed by atoms with Gasteiger partial charge in [-0.3, -0.25) is 0 Å². The van der Waals surface area contributed by atoms with Crippen molar-refractivity contribution in [3.8, 4) is 0 Å². The van der Waals surface area contributed by atoms with E-state index in [1.807, 2.05) is 0 Å². The van der Waals surface area contributed by atoms with Gasteiger partial charge >= 0.3 is 6.03 Å². The van der Waals surface area contributed by atoms with Crippen LogP contribution in [0.1, 0.15) is 0 Å². The van der Waals surface area contributed by atoms with Gasteiger partial charge in [0.05, 0.1) is 10.6 Å². The number of rotatable bonds is 5. The van der Waals surface area contributed by atoms with E-state index in [1.54, 1.807) is 14.1 Å². The Labute approximate surface area is 117 Å². The topological polar surface area (TPSA) is 105 Å². The minimum absolute atomic E-state index is 0.00604. The molecule has 112 valence electrons. The van der Waals surface area contributed by atoms with Crippen LogP contribution in [0.5, 0.6) is 0 Å². The maximum absolute atomic E-state index is 13.2. The first-order valence-corrected chi connectivity index (χ1v) is 7.22. The highest BCUT2D eigenvalue weighted by Gasteiger charge is 2.15. The Hall–Kier alpha value is -1.87. The highest BCUT2D eigenvalue weighted by atomic mass is 32.2. The number of halogens is 1. The predicted molar refractivity (Wildman–Crippen MR) is 73.1 cm³/mol. The van der Waals surface area contributed by atoms with Crippen molar-refractivity contribution in [2.24, 2.45) is 0 Å². The molecule has 0 aromatic heterocycles. The smallest absolute Gasteiger partial charge is 0.316 e. The Morgan fingerprint density at radius 2 is 2.00 bits per heavy atom. The molecule has 0 heterocycles. The van der Waals surface area contributed by atoms with Gasteiger partial charge in [0.2, 0.25) is 10.0 Å². The molecule has 2 amide bonds. The summed E-state index contributed by atoms with van der Waals surface area (Å²) >= 11 is 0. The zero-order chi connectivity index (χ0) is 15.3. The number of amides is 2. The third kappa shape index (κ3) is 4.35. The molecule has 9 heteroatoms. The van der Waals surface area contributed by atoms with Crippen LogP contribution in [0.2, 0.25) is 0 Å². The average molecular weight is 304 g/mol. The van der Waals surface area contributed by atoms with Crippen LogP contribution in [0.25, 0.3) is 0 Å². The van der Waals surface area contributed by atoms with Crippen molar-refractivity contribution in [1.29, 1.82) is 0 Å². The molecule has 0 atom stereocenters. The number of carbonyl (C=O) groups is 1. The van der Waals surface area contributed by atoms with Crippen LogP contribution in [0.15, 0.2) is 23.1 Å². The zero-order valence-electron chi connectivity index (χ0n) is 11.2. The molecule has 0 aliphatic carbocycles. The molecule has 0 radical (unpaired) electrons. The monoisotopic (exact) mass is 304 g/mol. The molecule has 0 bridgehead atoms. The molecular formula is C11H17FN4O3S. The van der Waals surface area contributed by atoms with E-state index in [4.69, 9.17) is 5.73 Å². The number of urea groups is 1. The lowest BCUT2D eigenvalue weighted by Crippen LogP contribution is -2.39. The summed E-state index contributed by atoms with van der Waals surface area (Å²) in [6, 6.07) is 2.90. The van der Waals surface area contributed by atoms with E-state index >= 15 is 0 Å². The number of carbonyl (C=O) groups excluding carboxylic acids is 1. The molecule has 4 N–H and O–H groups in total. The number of anilines is 1. The Morgan fingerprint density at radius 1 is 1.35 bits per heavy atom. The van der Waals surface area contributed by atoms with Crippen LogP contribution in [-0.2, 0) is 10.0 Å². The molecule has 1 rings (SSSR count). The molecule has 1 aromatic rings. The van der Waals surface area contributed by atoms with Gasteiger partial charge in [-0.1, -0.05) is 0 Å². The standard InChI is InChI=1S/C11H17FN4O3S/c1-16(2)11(17)14-5-6-15-20(18,19)8-3-4-10(13)9(12)7-8/h3-4,7,15H,5-6,13H2,1-2H3,(H,14,17). The molecule has 20 heavy (non-hydrogen) atoms. The molecule has 0 unspecified atom stereocenters. The highest BCUT2D eigenvalue weighted by molar-refractivity contribution is 7.89. The van der Waals surface area contributed by atoms with E-state index in [-0.39, 0.29) is 29.7 Å². The number of nitrogens with two attached hydrogens (primary N) is 1. The van der Waals surface area contributed by atoms with Gasteiger partial charge in [0.1, 0.15) is 5.82 Å². The number of nitrogen functional groups attached to an aromatic ring is 1. The number of hydrogen-bond acceptors (Lipinski definition) is 4. The lowest BCUT2D eigenvalue weighted by atomic mass is 10.3. The third-order valence-corrected chi connectivity index (χ3v) is 3.84. The number of sulfonamides is 1. The van der Waals surface area contributed by atoms with Gasteiger partial charge < -0.3 is 16.0 Å². The number of nitrogens with zero attached hydrogens (tertiary/aromatic N) is 1. The van der Waals surface area contributed by atoms with Crippen molar-refractivity contribution < 1.29 is 17.6 Å². The number of nitrogens with one attached hydrogen (secondary N) is 2. The van der Waals surface area contributed by atoms with Crippen LogP contribution >= 0.6 is 0 Å². The second-order valence-electron chi connectivity index (χ2n) is 4.21. The fourth-order valence-corrected chi connectivity index (χ4v) is 2.31. The molecule has 0 aliphatic heterocycles. The molecule has 1 aromatic carbocycles. The van der Waals surface area contributed by atoms with Gasteiger partial charge in [-0.05, 0) is 18.2 Å². The largest absolute Gasteiger partial charge is 0.396 e. The van der Waals surface area contributed by atoms with E-state index in [2.05, 4.69) is 10.0 Å². The van der Waals surface area contributed by atoms with Gasteiger partial charge in [-0.15, -0.1) is 0 Å². The van der Waals surface area contributed by atoms with Gasteiger partial charge in [0.25, 0.3) is 0 Å². The first-order chi connectivity index (χ1) is 9.24. The Bertz CT molecular complexity index is 589. The fourth-order valence-electron chi connectivity index (χ4n) is 1.27. The van der Waals surface area contributed by atoms with E-state index in [9.17, 15) is 17.6 Å². The van der Waals surface area contributed by atoms with Gasteiger partial charge in [0, 0.05) is 27.2 Å². The van der Waals surface area contributed by atoms with E-state index in [0.717, 1.165) is 6.07 Å². The van der Waals surface area contributed by atoms with Crippen molar-refractivity contribution in [2.45, 2.75) is 4.90 Å². The summed E-state index contributed by atoms with van der Waals surface area (Å²) in [5, 5.41) is 2.49. The van der Waals surface area contributed by atoms with Gasteiger partial charge in [-0.25, -0.2) is 22.3 Å². The third-order valence-electron chi connectivity index (χ3n) is 2.38. The molecular weight excluding hydrogens is 287 g/mol. The molecule has 0 saturated heterocycles. The second-order valence-corrected chi connectivity index (χ2v) is 5.97. The van der Waals surface area contributed by atoms with Crippen molar-refractivity contribution in [3.05, 3.63) is 24.0 Å². The van der Waals surface area contributed by atoms with E-state index < -0.39 is 15.8 Å². The quantitative estimate of drug-likeness (QED) is 0.524. The number of hydrogen-bond donors (Lipinski definition) is 3. The van der Waals surface area contributed by atoms with Crippen molar-refractivity contribution in [3.63, 3.8) is 0 Å². The van der Waals surface area contributed by atoms with Crippen molar-refractivity contribution in [1.82, 2.24) is 14.9 Å². The van der Waals surface area contributed by atoms with Crippen LogP contribution in [-0.4, -0.2) is 46.5 Å². The Balaban J connectivity index is 2.58. The van der Waals surface area contributed by atoms with Crippen LogP contribution in [0.4, 0.5) is 14.9 Å². The Kier molecular flexibility index (Phi) is 5.28. The van der Waals surface area contributed by atoms with Crippen LogP contribution in [0.3, 0.4) is 0 Å². The molecule has 0 aliphatic rings. The maximum atomic E-state index is 13.2. The first kappa shape index (κ1) is 16.2. The number of benzene rings is 1. The summed E-state index contributed by atoms with van der Waals surface area (Å²) in [5.74, 6) is -0.797. The minimum Gasteiger partial charge on any atom is -0.396 e. The van der Waals surface area contributed by atoms with Crippen LogP contribution < -0.4 is 15.8 Å². The van der Waals surface area contributed by atoms with Crippen molar-refractivity contribution in [2.75, 3.05) is 32.9 Å². The van der Waals surface area contributed by atoms with Crippen molar-refractivity contribution >= 4 is 21.7 Å². The molecule has 0 fully saturated rings. The summed E-state index contributed by atoms with van der Waals surface area (Å²) in [7, 11) is -0.696. The lowest BCUT2D eigenvalue weighted by Gasteiger charge is -2.12. The molecule has 0 saturated carbocycles. The summed E-state index contributed by atoms with van der Waals surface area (Å²) in [6.45, 7) is 0.113. The molecule has 0 spiro atoms.